The Hall–Kier alpha value is -2.34. The second-order valence-corrected chi connectivity index (χ2v) is 7.04. The van der Waals surface area contributed by atoms with Gasteiger partial charge in [-0.15, -0.1) is 0 Å². The van der Waals surface area contributed by atoms with Crippen LogP contribution in [-0.4, -0.2) is 14.0 Å². The van der Waals surface area contributed by atoms with Gasteiger partial charge in [0.2, 0.25) is 10.9 Å². The number of rotatable bonds is 3. The largest absolute Gasteiger partial charge is 0.483 e. The fourth-order valence-corrected chi connectivity index (χ4v) is 3.28. The summed E-state index contributed by atoms with van der Waals surface area (Å²) in [6.07, 6.45) is 2.00. The van der Waals surface area contributed by atoms with E-state index in [0.717, 1.165) is 22.3 Å². The molecule has 1 aliphatic rings. The van der Waals surface area contributed by atoms with Crippen molar-refractivity contribution in [2.24, 2.45) is 0 Å². The van der Waals surface area contributed by atoms with E-state index in [1.165, 1.54) is 12.1 Å². The van der Waals surface area contributed by atoms with Crippen LogP contribution >= 0.6 is 0 Å². The third-order valence-corrected chi connectivity index (χ3v) is 4.25. The van der Waals surface area contributed by atoms with E-state index in [2.05, 4.69) is 4.72 Å². The molecule has 0 spiro atoms. The number of aryl methyl sites for hydroxylation is 1. The fourth-order valence-electron chi connectivity index (χ4n) is 2.94. The summed E-state index contributed by atoms with van der Waals surface area (Å²) in [6, 6.07) is 9.73. The van der Waals surface area contributed by atoms with Crippen molar-refractivity contribution in [3.8, 4) is 5.75 Å². The molecule has 0 saturated carbocycles. The highest BCUT2D eigenvalue weighted by Gasteiger charge is 2.29. The maximum absolute atomic E-state index is 13.2. The van der Waals surface area contributed by atoms with Crippen LogP contribution in [0.4, 0.5) is 10.1 Å². The van der Waals surface area contributed by atoms with Gasteiger partial charge in [-0.25, -0.2) is 12.8 Å². The van der Waals surface area contributed by atoms with Crippen LogP contribution in [0.3, 0.4) is 0 Å². The fraction of sp³-hybridized carbons (Fsp3) is 0.222. The van der Waals surface area contributed by atoms with Crippen LogP contribution in [0.15, 0.2) is 42.5 Å². The van der Waals surface area contributed by atoms with Gasteiger partial charge in [-0.2, -0.15) is 0 Å². The zero-order valence-electron chi connectivity index (χ0n) is 13.6. The van der Waals surface area contributed by atoms with Crippen LogP contribution in [0.1, 0.15) is 30.5 Å². The van der Waals surface area contributed by atoms with Gasteiger partial charge >= 0.3 is 0 Å². The van der Waals surface area contributed by atoms with E-state index in [1.807, 2.05) is 26.8 Å². The number of nitrogens with one attached hydrogen (secondary N) is 1. The Bertz CT molecular complexity index is 891. The van der Waals surface area contributed by atoms with E-state index >= 15 is 0 Å². The number of anilines is 1. The van der Waals surface area contributed by atoms with E-state index in [9.17, 15) is 12.8 Å². The molecule has 0 amide bonds. The monoisotopic (exact) mass is 347 g/mol. The number of fused-ring (bicyclic) bond motifs is 1. The van der Waals surface area contributed by atoms with E-state index in [-0.39, 0.29) is 5.82 Å². The molecule has 2 aromatic carbocycles. The van der Waals surface area contributed by atoms with Crippen molar-refractivity contribution in [1.82, 2.24) is 0 Å². The van der Waals surface area contributed by atoms with Crippen molar-refractivity contribution < 1.29 is 17.5 Å². The number of hydrogen-bond acceptors (Lipinski definition) is 3. The van der Waals surface area contributed by atoms with Crippen molar-refractivity contribution in [1.29, 1.82) is 0 Å². The molecule has 0 saturated heterocycles. The maximum Gasteiger partial charge on any atom is 0.222 e. The van der Waals surface area contributed by atoms with Crippen molar-refractivity contribution in [3.63, 3.8) is 0 Å². The molecule has 0 aromatic heterocycles. The van der Waals surface area contributed by atoms with E-state index in [4.69, 9.17) is 4.74 Å². The lowest BCUT2D eigenvalue weighted by Gasteiger charge is -2.32. The molecule has 0 atom stereocenters. The average Bonchev–Trinajstić information content (AvgIpc) is 2.44. The lowest BCUT2D eigenvalue weighted by molar-refractivity contribution is 0.158. The van der Waals surface area contributed by atoms with Gasteiger partial charge < -0.3 is 4.74 Å². The molecule has 24 heavy (non-hydrogen) atoms. The lowest BCUT2D eigenvalue weighted by atomic mass is 9.87. The van der Waals surface area contributed by atoms with Crippen LogP contribution in [0.25, 0.3) is 5.57 Å². The van der Waals surface area contributed by atoms with Gasteiger partial charge in [-0.05, 0) is 61.7 Å². The molecule has 1 heterocycles. The van der Waals surface area contributed by atoms with E-state index in [0.29, 0.717) is 11.4 Å². The first kappa shape index (κ1) is 16.5. The van der Waals surface area contributed by atoms with Gasteiger partial charge in [0.1, 0.15) is 17.2 Å². The number of thiol groups is 1. The molecule has 126 valence electrons. The minimum Gasteiger partial charge on any atom is -0.483 e. The minimum absolute atomic E-state index is 0.290. The summed E-state index contributed by atoms with van der Waals surface area (Å²) in [5.41, 5.74) is 3.47. The Morgan fingerprint density at radius 3 is 2.42 bits per heavy atom. The second-order valence-electron chi connectivity index (χ2n) is 6.31. The first-order valence-electron chi connectivity index (χ1n) is 7.49. The predicted octanol–water partition coefficient (Wildman–Crippen LogP) is 3.68. The molecule has 1 aliphatic heterocycles. The Morgan fingerprint density at radius 2 is 1.79 bits per heavy atom. The zero-order valence-corrected chi connectivity index (χ0v) is 14.5. The Balaban J connectivity index is 2.18. The molecule has 3 rings (SSSR count). The van der Waals surface area contributed by atoms with Crippen LogP contribution in [0, 0.1) is 12.7 Å². The predicted molar refractivity (Wildman–Crippen MR) is 93.3 cm³/mol. The highest BCUT2D eigenvalue weighted by Crippen LogP contribution is 2.42. The third kappa shape index (κ3) is 3.28. The first-order chi connectivity index (χ1) is 11.2. The number of hydrogen-bond donors (Lipinski definition) is 2. The SMILES string of the molecule is Cc1cc(N[SH](=O)=O)cc2c1C(c1ccc(F)cc1)=CC(C)(C)O2. The van der Waals surface area contributed by atoms with Gasteiger partial charge in [0.05, 0.1) is 5.69 Å². The molecular formula is C18H18FNO3S. The van der Waals surface area contributed by atoms with Crippen molar-refractivity contribution >= 4 is 22.2 Å². The number of halogens is 1. The molecule has 1 N–H and O–H groups in total. The topological polar surface area (TPSA) is 55.4 Å². The maximum atomic E-state index is 13.2. The van der Waals surface area contributed by atoms with Crippen LogP contribution in [0.2, 0.25) is 0 Å². The highest BCUT2D eigenvalue weighted by molar-refractivity contribution is 7.73. The van der Waals surface area contributed by atoms with Crippen molar-refractivity contribution in [3.05, 3.63) is 65.0 Å². The molecule has 0 radical (unpaired) electrons. The smallest absolute Gasteiger partial charge is 0.222 e. The van der Waals surface area contributed by atoms with E-state index < -0.39 is 16.5 Å². The standard InChI is InChI=1S/C18H18FNO3S/c1-11-8-14(20-24(21)22)9-16-17(11)15(10-18(2,3)23-16)12-4-6-13(19)7-5-12/h4-10,24H,1-3H3,(H,20,21,22). The van der Waals surface area contributed by atoms with E-state index in [1.54, 1.807) is 24.3 Å². The summed E-state index contributed by atoms with van der Waals surface area (Å²) in [4.78, 5) is 0. The Labute approximate surface area is 142 Å². The Morgan fingerprint density at radius 1 is 1.12 bits per heavy atom. The molecule has 0 unspecified atom stereocenters. The zero-order chi connectivity index (χ0) is 17.5. The lowest BCUT2D eigenvalue weighted by Crippen LogP contribution is -2.29. The average molecular weight is 347 g/mol. The van der Waals surface area contributed by atoms with Crippen LogP contribution in [-0.2, 0) is 10.9 Å². The summed E-state index contributed by atoms with van der Waals surface area (Å²) >= 11 is 0. The van der Waals surface area contributed by atoms with Crippen LogP contribution in [0.5, 0.6) is 5.75 Å². The molecule has 0 fully saturated rings. The summed E-state index contributed by atoms with van der Waals surface area (Å²) in [6.45, 7) is 5.73. The summed E-state index contributed by atoms with van der Waals surface area (Å²) < 4.78 is 43.5. The van der Waals surface area contributed by atoms with Crippen molar-refractivity contribution in [2.75, 3.05) is 4.72 Å². The van der Waals surface area contributed by atoms with Gasteiger partial charge in [-0.3, -0.25) is 4.72 Å². The van der Waals surface area contributed by atoms with Crippen LogP contribution < -0.4 is 9.46 Å². The normalized spacial score (nSPS) is 15.5. The summed E-state index contributed by atoms with van der Waals surface area (Å²) in [7, 11) is -2.75. The van der Waals surface area contributed by atoms with Crippen molar-refractivity contribution in [2.45, 2.75) is 26.4 Å². The first-order valence-corrected chi connectivity index (χ1v) is 8.67. The number of benzene rings is 2. The molecule has 0 bridgehead atoms. The second kappa shape index (κ2) is 5.94. The van der Waals surface area contributed by atoms with Gasteiger partial charge in [0.25, 0.3) is 0 Å². The molecule has 2 aromatic rings. The Kier molecular flexibility index (Phi) is 4.09. The molecule has 6 heteroatoms. The number of ether oxygens (including phenoxy) is 1. The van der Waals surface area contributed by atoms with Gasteiger partial charge in [0.15, 0.2) is 0 Å². The van der Waals surface area contributed by atoms with Gasteiger partial charge in [-0.1, -0.05) is 12.1 Å². The summed E-state index contributed by atoms with van der Waals surface area (Å²) in [5, 5.41) is 0. The highest BCUT2D eigenvalue weighted by atomic mass is 32.2. The molecule has 4 nitrogen and oxygen atoms in total. The minimum atomic E-state index is -2.75. The molecule has 0 aliphatic carbocycles. The third-order valence-electron chi connectivity index (χ3n) is 3.81. The quantitative estimate of drug-likeness (QED) is 0.833. The van der Waals surface area contributed by atoms with Gasteiger partial charge in [0, 0.05) is 11.6 Å². The molecular weight excluding hydrogens is 329 g/mol. The summed E-state index contributed by atoms with van der Waals surface area (Å²) in [5.74, 6) is 0.308.